The number of rotatable bonds is 8. The molecule has 0 fully saturated rings. The number of halogens is 2. The van der Waals surface area contributed by atoms with E-state index in [1.54, 1.807) is 10.4 Å². The third kappa shape index (κ3) is 5.55. The minimum Gasteiger partial charge on any atom is -1.00 e. The van der Waals surface area contributed by atoms with Gasteiger partial charge in [0.2, 0.25) is 0 Å². The Kier molecular flexibility index (Phi) is 14.6. The molecule has 2 aromatic rings. The monoisotopic (exact) mass is 573 g/mol. The Morgan fingerprint density at radius 3 is 1.29 bits per heavy atom. The third-order valence-electron chi connectivity index (χ3n) is 8.72. The van der Waals surface area contributed by atoms with Crippen LogP contribution in [0.3, 0.4) is 0 Å². The summed E-state index contributed by atoms with van der Waals surface area (Å²) in [6.07, 6.45) is 0. The van der Waals surface area contributed by atoms with Crippen LogP contribution in [0.5, 0.6) is 0 Å². The molecule has 0 atom stereocenters. The van der Waals surface area contributed by atoms with E-state index in [2.05, 4.69) is 113 Å². The van der Waals surface area contributed by atoms with Crippen molar-refractivity contribution >= 4 is 43.0 Å². The Hall–Kier alpha value is 0.228. The molecule has 2 rings (SSSR count). The summed E-state index contributed by atoms with van der Waals surface area (Å²) >= 11 is 0. The summed E-state index contributed by atoms with van der Waals surface area (Å²) < 4.78 is 0. The van der Waals surface area contributed by atoms with E-state index in [0.29, 0.717) is 33.2 Å². The Balaban J connectivity index is 0. The first-order valence-corrected chi connectivity index (χ1v) is 17.1. The van der Waals surface area contributed by atoms with E-state index in [1.807, 2.05) is 0 Å². The second kappa shape index (κ2) is 13.7. The van der Waals surface area contributed by atoms with Crippen molar-refractivity contribution in [1.82, 2.24) is 0 Å². The van der Waals surface area contributed by atoms with Gasteiger partial charge in [-0.1, -0.05) is 119 Å². The first-order chi connectivity index (χ1) is 14.3. The number of hydrogen-bond donors (Lipinski definition) is 1. The van der Waals surface area contributed by atoms with Crippen molar-refractivity contribution in [3.63, 3.8) is 0 Å². The van der Waals surface area contributed by atoms with Crippen LogP contribution < -0.4 is 40.9 Å². The van der Waals surface area contributed by atoms with Crippen molar-refractivity contribution in [2.45, 2.75) is 116 Å². The van der Waals surface area contributed by atoms with Gasteiger partial charge in [0.25, 0.3) is 0 Å². The molecule has 0 saturated heterocycles. The number of hydrogen-bond acceptors (Lipinski definition) is 1. The van der Waals surface area contributed by atoms with Gasteiger partial charge in [-0.05, 0) is 43.8 Å². The van der Waals surface area contributed by atoms with Gasteiger partial charge in [-0.2, -0.15) is 0 Å². The maximum Gasteiger partial charge on any atom is 2.00 e. The standard InChI is InChI=1S/C28H49NSi2.2ClH.Ti/c1-18(2)30(19(3)4,20(5)6)26-17-24-15-13-14-16-25(24)27(29)28(26)31(21(7)8,22(9)10)23(11)12;;;/h13-23H,29H2,1-12H3;2*1H;/q;;;+2/p-2. The quantitative estimate of drug-likeness (QED) is 0.380. The van der Waals surface area contributed by atoms with Crippen molar-refractivity contribution in [3.8, 4) is 0 Å². The van der Waals surface area contributed by atoms with Crippen LogP contribution in [0.2, 0.25) is 33.2 Å². The number of nitrogen functional groups attached to an aromatic ring is 1. The Labute approximate surface area is 240 Å². The fraction of sp³-hybridized carbons (Fsp3) is 0.643. The summed E-state index contributed by atoms with van der Waals surface area (Å²) in [5.41, 5.74) is 12.3. The van der Waals surface area contributed by atoms with Crippen LogP contribution in [0.15, 0.2) is 30.3 Å². The molecule has 0 amide bonds. The van der Waals surface area contributed by atoms with Crippen LogP contribution in [0, 0.1) is 0 Å². The van der Waals surface area contributed by atoms with Gasteiger partial charge in [0.15, 0.2) is 0 Å². The van der Waals surface area contributed by atoms with Crippen molar-refractivity contribution in [3.05, 3.63) is 30.3 Å². The molecule has 34 heavy (non-hydrogen) atoms. The SMILES string of the molecule is CC(C)[Si](c1cc2ccccc2c(N)c1[Si](C(C)C)(C(C)C)C(C)C)(C(C)C)C(C)C.[Cl-].[Cl-].[Ti+2]. The van der Waals surface area contributed by atoms with Gasteiger partial charge in [0, 0.05) is 11.1 Å². The average molecular weight is 575 g/mol. The minimum atomic E-state index is -1.95. The molecule has 2 N–H and O–H groups in total. The normalized spacial score (nSPS) is 12.5. The summed E-state index contributed by atoms with van der Waals surface area (Å²) in [6, 6.07) is 11.5. The summed E-state index contributed by atoms with van der Waals surface area (Å²) in [4.78, 5) is 0. The second-order valence-electron chi connectivity index (χ2n) is 11.7. The molecular formula is C28H49Cl2NSi2Ti. The van der Waals surface area contributed by atoms with Gasteiger partial charge in [0.1, 0.15) is 0 Å². The zero-order chi connectivity index (χ0) is 23.9. The molecule has 192 valence electrons. The fourth-order valence-electron chi connectivity index (χ4n) is 7.98. The zero-order valence-corrected chi connectivity index (χ0v) is 28.8. The van der Waals surface area contributed by atoms with Crippen molar-refractivity contribution in [2.75, 3.05) is 5.73 Å². The van der Waals surface area contributed by atoms with E-state index in [-0.39, 0.29) is 46.5 Å². The summed E-state index contributed by atoms with van der Waals surface area (Å²) in [5, 5.41) is 5.93. The van der Waals surface area contributed by atoms with E-state index >= 15 is 0 Å². The Bertz CT molecular complexity index is 867. The fourth-order valence-corrected chi connectivity index (χ4v) is 23.0. The molecule has 0 radical (unpaired) electrons. The number of benzene rings is 2. The van der Waals surface area contributed by atoms with Crippen molar-refractivity contribution in [2.24, 2.45) is 0 Å². The smallest absolute Gasteiger partial charge is 1.00 e. The molecule has 0 aromatic heterocycles. The van der Waals surface area contributed by atoms with E-state index in [0.717, 1.165) is 5.69 Å². The summed E-state index contributed by atoms with van der Waals surface area (Å²) in [7, 11) is -3.84. The summed E-state index contributed by atoms with van der Waals surface area (Å²) in [6.45, 7) is 29.8. The van der Waals surface area contributed by atoms with Gasteiger partial charge < -0.3 is 30.5 Å². The maximum absolute atomic E-state index is 7.27. The van der Waals surface area contributed by atoms with Crippen LogP contribution in [0.1, 0.15) is 83.1 Å². The molecule has 0 unspecified atom stereocenters. The van der Waals surface area contributed by atoms with Crippen LogP contribution in [0.25, 0.3) is 10.8 Å². The number of nitrogens with two attached hydrogens (primary N) is 1. The molecular weight excluding hydrogens is 525 g/mol. The zero-order valence-electron chi connectivity index (χ0n) is 23.7. The first kappa shape index (κ1) is 36.4. The first-order valence-electron chi connectivity index (χ1n) is 12.6. The van der Waals surface area contributed by atoms with Crippen molar-refractivity contribution in [1.29, 1.82) is 0 Å². The second-order valence-corrected chi connectivity index (χ2v) is 23.4. The molecule has 0 heterocycles. The van der Waals surface area contributed by atoms with Gasteiger partial charge in [0.05, 0.1) is 16.1 Å². The topological polar surface area (TPSA) is 26.0 Å². The van der Waals surface area contributed by atoms with E-state index in [4.69, 9.17) is 5.73 Å². The third-order valence-corrected chi connectivity index (χ3v) is 23.2. The van der Waals surface area contributed by atoms with Gasteiger partial charge in [-0.3, -0.25) is 0 Å². The molecule has 0 saturated carbocycles. The molecule has 2 aromatic carbocycles. The average Bonchev–Trinajstić information content (AvgIpc) is 2.63. The molecule has 0 spiro atoms. The minimum absolute atomic E-state index is 0. The van der Waals surface area contributed by atoms with Crippen LogP contribution in [0.4, 0.5) is 5.69 Å². The van der Waals surface area contributed by atoms with E-state index in [9.17, 15) is 0 Å². The van der Waals surface area contributed by atoms with Gasteiger partial charge in [-0.15, -0.1) is 0 Å². The van der Waals surface area contributed by atoms with E-state index in [1.165, 1.54) is 10.8 Å². The predicted octanol–water partition coefficient (Wildman–Crippen LogP) is 2.20. The van der Waals surface area contributed by atoms with Crippen LogP contribution in [-0.2, 0) is 21.7 Å². The molecule has 1 nitrogen and oxygen atoms in total. The van der Waals surface area contributed by atoms with Crippen LogP contribution in [-0.4, -0.2) is 16.1 Å². The maximum atomic E-state index is 7.27. The molecule has 6 heteroatoms. The Morgan fingerprint density at radius 2 is 0.941 bits per heavy atom. The largest absolute Gasteiger partial charge is 2.00 e. The summed E-state index contributed by atoms with van der Waals surface area (Å²) in [5.74, 6) is 0. The molecule has 0 bridgehead atoms. The molecule has 0 aliphatic carbocycles. The molecule has 0 aliphatic heterocycles. The predicted molar refractivity (Wildman–Crippen MR) is 150 cm³/mol. The van der Waals surface area contributed by atoms with Gasteiger partial charge in [-0.25, -0.2) is 0 Å². The van der Waals surface area contributed by atoms with Crippen molar-refractivity contribution < 1.29 is 46.5 Å². The molecule has 0 aliphatic rings. The van der Waals surface area contributed by atoms with E-state index < -0.39 is 16.1 Å². The number of anilines is 1. The number of fused-ring (bicyclic) bond motifs is 1. The van der Waals surface area contributed by atoms with Crippen LogP contribution >= 0.6 is 0 Å². The Morgan fingerprint density at radius 1 is 0.588 bits per heavy atom. The van der Waals surface area contributed by atoms with Gasteiger partial charge >= 0.3 is 21.7 Å².